The van der Waals surface area contributed by atoms with Gasteiger partial charge in [0.15, 0.2) is 6.10 Å². The number of carbonyl (C=O) groups excluding carboxylic acids is 3. The quantitative estimate of drug-likeness (QED) is 0.0262. The van der Waals surface area contributed by atoms with Gasteiger partial charge in [-0.25, -0.2) is 0 Å². The monoisotopic (exact) mass is 897 g/mol. The third kappa shape index (κ3) is 50.4. The minimum atomic E-state index is -0.777. The van der Waals surface area contributed by atoms with Crippen LogP contribution in [0.3, 0.4) is 0 Å². The molecule has 0 fully saturated rings. The summed E-state index contributed by atoms with van der Waals surface area (Å²) >= 11 is 0. The highest BCUT2D eigenvalue weighted by atomic mass is 16.6. The van der Waals surface area contributed by atoms with Crippen LogP contribution < -0.4 is 0 Å². The molecular weight excluding hydrogens is 793 g/mol. The molecule has 0 radical (unpaired) electrons. The molecule has 6 nitrogen and oxygen atoms in total. The highest BCUT2D eigenvalue weighted by Gasteiger charge is 2.19. The van der Waals surface area contributed by atoms with Gasteiger partial charge in [0.25, 0.3) is 0 Å². The lowest BCUT2D eigenvalue weighted by molar-refractivity contribution is -0.167. The zero-order chi connectivity index (χ0) is 46.5. The lowest BCUT2D eigenvalue weighted by Gasteiger charge is -2.18. The van der Waals surface area contributed by atoms with Crippen LogP contribution in [0.25, 0.3) is 0 Å². The number of hydrogen-bond acceptors (Lipinski definition) is 6. The number of rotatable bonds is 50. The van der Waals surface area contributed by atoms with Gasteiger partial charge in [-0.1, -0.05) is 230 Å². The van der Waals surface area contributed by atoms with Crippen LogP contribution in [0.15, 0.2) is 48.6 Å². The Kier molecular flexibility index (Phi) is 50.8. The van der Waals surface area contributed by atoms with Gasteiger partial charge in [-0.3, -0.25) is 14.4 Å². The van der Waals surface area contributed by atoms with Crippen molar-refractivity contribution in [3.05, 3.63) is 48.6 Å². The van der Waals surface area contributed by atoms with E-state index in [0.717, 1.165) is 83.5 Å². The fourth-order valence-corrected chi connectivity index (χ4v) is 7.86. The third-order valence-electron chi connectivity index (χ3n) is 12.1. The fourth-order valence-electron chi connectivity index (χ4n) is 7.86. The highest BCUT2D eigenvalue weighted by Crippen LogP contribution is 2.15. The van der Waals surface area contributed by atoms with Gasteiger partial charge in [0, 0.05) is 19.3 Å². The van der Waals surface area contributed by atoms with Crippen molar-refractivity contribution in [3.8, 4) is 0 Å². The molecule has 0 aliphatic carbocycles. The topological polar surface area (TPSA) is 78.9 Å². The minimum Gasteiger partial charge on any atom is -0.462 e. The van der Waals surface area contributed by atoms with E-state index < -0.39 is 6.10 Å². The van der Waals surface area contributed by atoms with Crippen LogP contribution >= 0.6 is 0 Å². The Morgan fingerprint density at radius 2 is 0.562 bits per heavy atom. The molecule has 0 bridgehead atoms. The average molecular weight is 897 g/mol. The van der Waals surface area contributed by atoms with E-state index in [1.165, 1.54) is 161 Å². The Balaban J connectivity index is 4.34. The molecule has 0 heterocycles. The van der Waals surface area contributed by atoms with Gasteiger partial charge in [0.05, 0.1) is 0 Å². The van der Waals surface area contributed by atoms with Gasteiger partial charge in [0.1, 0.15) is 13.2 Å². The van der Waals surface area contributed by atoms with Crippen molar-refractivity contribution in [2.24, 2.45) is 0 Å². The lowest BCUT2D eigenvalue weighted by Crippen LogP contribution is -2.30. The average Bonchev–Trinajstić information content (AvgIpc) is 3.29. The van der Waals surface area contributed by atoms with Crippen LogP contribution in [0.4, 0.5) is 0 Å². The summed E-state index contributed by atoms with van der Waals surface area (Å²) in [5.74, 6) is -0.884. The van der Waals surface area contributed by atoms with Crippen molar-refractivity contribution in [3.63, 3.8) is 0 Å². The largest absolute Gasteiger partial charge is 0.462 e. The molecule has 0 aromatic rings. The molecule has 6 heteroatoms. The SMILES string of the molecule is CCCCCC/C=C\C/C=C\CCCCCCCCCC(=O)OCC(COC(=O)CCCCCCCCCCCC)OC(=O)CCCCCCCCC/C=C\C/C=C\CCCCCC. The molecule has 0 amide bonds. The van der Waals surface area contributed by atoms with E-state index in [0.29, 0.717) is 19.3 Å². The van der Waals surface area contributed by atoms with Gasteiger partial charge in [-0.2, -0.15) is 0 Å². The number of ether oxygens (including phenoxy) is 3. The van der Waals surface area contributed by atoms with E-state index >= 15 is 0 Å². The number of esters is 3. The third-order valence-corrected chi connectivity index (χ3v) is 12.1. The molecule has 0 spiro atoms. The Hall–Kier alpha value is -2.63. The van der Waals surface area contributed by atoms with E-state index in [1.54, 1.807) is 0 Å². The maximum Gasteiger partial charge on any atom is 0.306 e. The molecule has 1 unspecified atom stereocenters. The summed E-state index contributed by atoms with van der Waals surface area (Å²) < 4.78 is 16.8. The smallest absolute Gasteiger partial charge is 0.306 e. The first-order chi connectivity index (χ1) is 31.5. The van der Waals surface area contributed by atoms with Gasteiger partial charge >= 0.3 is 17.9 Å². The van der Waals surface area contributed by atoms with Crippen molar-refractivity contribution in [1.29, 1.82) is 0 Å². The molecule has 0 rings (SSSR count). The van der Waals surface area contributed by atoms with E-state index in [9.17, 15) is 14.4 Å². The number of allylic oxidation sites excluding steroid dienone is 8. The van der Waals surface area contributed by atoms with E-state index in [4.69, 9.17) is 14.2 Å². The summed E-state index contributed by atoms with van der Waals surface area (Å²) in [5, 5.41) is 0. The first-order valence-electron chi connectivity index (χ1n) is 27.6. The summed E-state index contributed by atoms with van der Waals surface area (Å²) in [7, 11) is 0. The molecule has 0 saturated heterocycles. The second-order valence-electron chi connectivity index (χ2n) is 18.5. The summed E-state index contributed by atoms with van der Waals surface area (Å²) in [6, 6.07) is 0. The molecule has 0 aliphatic rings. The molecule has 0 aliphatic heterocycles. The maximum atomic E-state index is 12.8. The predicted octanol–water partition coefficient (Wildman–Crippen LogP) is 18.3. The van der Waals surface area contributed by atoms with Crippen molar-refractivity contribution in [1.82, 2.24) is 0 Å². The van der Waals surface area contributed by atoms with E-state index in [2.05, 4.69) is 69.4 Å². The van der Waals surface area contributed by atoms with E-state index in [-0.39, 0.29) is 31.1 Å². The summed E-state index contributed by atoms with van der Waals surface area (Å²) in [4.78, 5) is 38.0. The zero-order valence-electron chi connectivity index (χ0n) is 42.6. The molecule has 0 aromatic carbocycles. The summed E-state index contributed by atoms with van der Waals surface area (Å²) in [6.07, 6.45) is 63.8. The Bertz CT molecular complexity index is 1120. The second kappa shape index (κ2) is 53.0. The molecular formula is C58H104O6. The van der Waals surface area contributed by atoms with Gasteiger partial charge < -0.3 is 14.2 Å². The summed E-state index contributed by atoms with van der Waals surface area (Å²) in [5.41, 5.74) is 0. The molecule has 372 valence electrons. The second-order valence-corrected chi connectivity index (χ2v) is 18.5. The number of unbranched alkanes of at least 4 members (excludes halogenated alkanes) is 31. The van der Waals surface area contributed by atoms with E-state index in [1.807, 2.05) is 0 Å². The van der Waals surface area contributed by atoms with Crippen LogP contribution in [0.1, 0.15) is 284 Å². The van der Waals surface area contributed by atoms with Crippen LogP contribution in [0.5, 0.6) is 0 Å². The lowest BCUT2D eigenvalue weighted by atomic mass is 10.1. The van der Waals surface area contributed by atoms with Crippen LogP contribution in [-0.4, -0.2) is 37.2 Å². The Morgan fingerprint density at radius 3 is 0.875 bits per heavy atom. The van der Waals surface area contributed by atoms with Crippen molar-refractivity contribution < 1.29 is 28.6 Å². The van der Waals surface area contributed by atoms with Gasteiger partial charge in [0.2, 0.25) is 0 Å². The predicted molar refractivity (Wildman–Crippen MR) is 275 cm³/mol. The summed E-state index contributed by atoms with van der Waals surface area (Å²) in [6.45, 7) is 6.60. The molecule has 0 N–H and O–H groups in total. The van der Waals surface area contributed by atoms with Crippen molar-refractivity contribution in [2.75, 3.05) is 13.2 Å². The fraction of sp³-hybridized carbons (Fsp3) is 0.810. The van der Waals surface area contributed by atoms with Crippen molar-refractivity contribution in [2.45, 2.75) is 290 Å². The Labute approximate surface area is 397 Å². The molecule has 1 atom stereocenters. The highest BCUT2D eigenvalue weighted by molar-refractivity contribution is 5.71. The van der Waals surface area contributed by atoms with Crippen LogP contribution in [0, 0.1) is 0 Å². The first kappa shape index (κ1) is 61.4. The van der Waals surface area contributed by atoms with Crippen LogP contribution in [-0.2, 0) is 28.6 Å². The van der Waals surface area contributed by atoms with Crippen LogP contribution in [0.2, 0.25) is 0 Å². The Morgan fingerprint density at radius 1 is 0.312 bits per heavy atom. The van der Waals surface area contributed by atoms with Gasteiger partial charge in [-0.15, -0.1) is 0 Å². The number of carbonyl (C=O) groups is 3. The van der Waals surface area contributed by atoms with Crippen molar-refractivity contribution >= 4 is 17.9 Å². The standard InChI is InChI=1S/C58H104O6/c1-4-7-10-13-16-19-22-24-26-28-30-32-34-36-39-42-45-48-51-57(60)63-54-55(53-62-56(59)50-47-44-41-38-21-18-15-12-9-6-3)64-58(61)52-49-46-43-40-37-35-33-31-29-27-25-23-20-17-14-11-8-5-2/h19-20,22-23,26-29,55H,4-18,21,24-25,30-54H2,1-3H3/b22-19-,23-20-,28-26-,29-27-. The minimum absolute atomic E-state index is 0.0767. The molecule has 0 saturated carbocycles. The number of hydrogen-bond donors (Lipinski definition) is 0. The molecule has 64 heavy (non-hydrogen) atoms. The molecule has 0 aromatic heterocycles. The normalized spacial score (nSPS) is 12.4. The van der Waals surface area contributed by atoms with Gasteiger partial charge in [-0.05, 0) is 83.5 Å². The first-order valence-corrected chi connectivity index (χ1v) is 27.6. The zero-order valence-corrected chi connectivity index (χ0v) is 42.6. The maximum absolute atomic E-state index is 12.8.